The van der Waals surface area contributed by atoms with Crippen LogP contribution in [0.25, 0.3) is 33.5 Å². The van der Waals surface area contributed by atoms with Crippen molar-refractivity contribution >= 4 is 28.1 Å². The smallest absolute Gasteiger partial charge is 0.279 e. The maximum atomic E-state index is 13.8. The van der Waals surface area contributed by atoms with Crippen LogP contribution in [-0.2, 0) is 0 Å². The Morgan fingerprint density at radius 3 is 2.90 bits per heavy atom. The Hall–Kier alpha value is -3.33. The number of fused-ring (bicyclic) bond motifs is 2. The summed E-state index contributed by atoms with van der Waals surface area (Å²) in [6, 6.07) is 4.08. The summed E-state index contributed by atoms with van der Waals surface area (Å²) in [6.45, 7) is 7.67. The van der Waals surface area contributed by atoms with Crippen LogP contribution in [0.4, 0.5) is 5.95 Å². The van der Waals surface area contributed by atoms with Crippen molar-refractivity contribution in [2.75, 3.05) is 18.4 Å². The normalized spacial score (nSPS) is 17.0. The number of aromatic amines is 1. The fraction of sp³-hybridized carbons (Fsp3) is 0.409. The van der Waals surface area contributed by atoms with Crippen molar-refractivity contribution in [1.82, 2.24) is 34.8 Å². The van der Waals surface area contributed by atoms with Gasteiger partial charge in [0.1, 0.15) is 16.9 Å². The van der Waals surface area contributed by atoms with Crippen molar-refractivity contribution in [3.8, 4) is 11.3 Å². The van der Waals surface area contributed by atoms with Gasteiger partial charge in [0.05, 0.1) is 11.7 Å². The number of aryl methyl sites for hydroxylation is 1. The van der Waals surface area contributed by atoms with Crippen LogP contribution in [0.15, 0.2) is 29.3 Å². The average molecular weight is 419 g/mol. The van der Waals surface area contributed by atoms with E-state index >= 15 is 0 Å². The maximum Gasteiger partial charge on any atom is 0.279 e. The summed E-state index contributed by atoms with van der Waals surface area (Å²) in [5, 5.41) is 7.61. The van der Waals surface area contributed by atoms with Gasteiger partial charge in [-0.2, -0.15) is 4.98 Å². The summed E-state index contributed by atoms with van der Waals surface area (Å²) in [5.41, 5.74) is 3.67. The molecule has 0 spiro atoms. The van der Waals surface area contributed by atoms with E-state index in [1.54, 1.807) is 6.20 Å². The van der Waals surface area contributed by atoms with Gasteiger partial charge in [-0.3, -0.25) is 9.36 Å². The van der Waals surface area contributed by atoms with Gasteiger partial charge in [0, 0.05) is 35.9 Å². The summed E-state index contributed by atoms with van der Waals surface area (Å²) < 4.78 is 1.81. The van der Waals surface area contributed by atoms with E-state index in [0.717, 1.165) is 42.7 Å². The largest absolute Gasteiger partial charge is 0.352 e. The van der Waals surface area contributed by atoms with Crippen LogP contribution in [0, 0.1) is 6.92 Å². The molecule has 5 heterocycles. The van der Waals surface area contributed by atoms with E-state index in [-0.39, 0.29) is 17.6 Å². The molecule has 1 fully saturated rings. The van der Waals surface area contributed by atoms with Crippen molar-refractivity contribution in [1.29, 1.82) is 0 Å². The van der Waals surface area contributed by atoms with Crippen LogP contribution in [0.1, 0.15) is 38.4 Å². The molecular formula is C22H26N8O. The van der Waals surface area contributed by atoms with Gasteiger partial charge in [-0.25, -0.2) is 15.0 Å². The minimum Gasteiger partial charge on any atom is -0.352 e. The van der Waals surface area contributed by atoms with Crippen LogP contribution < -0.4 is 16.2 Å². The minimum atomic E-state index is -0.147. The first-order chi connectivity index (χ1) is 15.0. The highest BCUT2D eigenvalue weighted by molar-refractivity contribution is 5.82. The Morgan fingerprint density at radius 2 is 2.13 bits per heavy atom. The van der Waals surface area contributed by atoms with Gasteiger partial charge in [0.15, 0.2) is 5.65 Å². The Labute approximate surface area is 179 Å². The quantitative estimate of drug-likeness (QED) is 0.467. The highest BCUT2D eigenvalue weighted by Crippen LogP contribution is 2.25. The SMILES string of the molecule is Cc1nc(NC(C)C)nc2c1nc(-c1cnc3[nH]ccc3c1)c(=O)n2C1CCCNC1. The molecule has 0 bridgehead atoms. The Morgan fingerprint density at radius 1 is 1.26 bits per heavy atom. The first-order valence-electron chi connectivity index (χ1n) is 10.7. The molecule has 1 aliphatic rings. The molecule has 1 saturated heterocycles. The molecule has 0 aromatic carbocycles. The Kier molecular flexibility index (Phi) is 4.90. The summed E-state index contributed by atoms with van der Waals surface area (Å²) in [6.07, 6.45) is 5.45. The van der Waals surface area contributed by atoms with Crippen molar-refractivity contribution in [3.05, 3.63) is 40.6 Å². The fourth-order valence-electron chi connectivity index (χ4n) is 4.19. The monoisotopic (exact) mass is 418 g/mol. The number of hydrogen-bond donors (Lipinski definition) is 3. The molecule has 4 aromatic heterocycles. The molecule has 160 valence electrons. The third kappa shape index (κ3) is 3.54. The third-order valence-electron chi connectivity index (χ3n) is 5.64. The van der Waals surface area contributed by atoms with Crippen molar-refractivity contribution in [2.24, 2.45) is 0 Å². The molecule has 1 unspecified atom stereocenters. The topological polar surface area (TPSA) is 113 Å². The lowest BCUT2D eigenvalue weighted by molar-refractivity contribution is 0.370. The number of piperidine rings is 1. The number of pyridine rings is 1. The molecule has 0 amide bonds. The second kappa shape index (κ2) is 7.73. The summed E-state index contributed by atoms with van der Waals surface area (Å²) in [4.78, 5) is 35.4. The number of nitrogens with zero attached hydrogens (tertiary/aromatic N) is 5. The lowest BCUT2D eigenvalue weighted by atomic mass is 10.1. The lowest BCUT2D eigenvalue weighted by Crippen LogP contribution is -2.38. The molecule has 3 N–H and O–H groups in total. The van der Waals surface area contributed by atoms with Crippen LogP contribution in [0.5, 0.6) is 0 Å². The molecule has 9 heteroatoms. The third-order valence-corrected chi connectivity index (χ3v) is 5.64. The molecular weight excluding hydrogens is 392 g/mol. The van der Waals surface area contributed by atoms with E-state index in [2.05, 4.69) is 25.6 Å². The number of hydrogen-bond acceptors (Lipinski definition) is 7. The number of anilines is 1. The van der Waals surface area contributed by atoms with Crippen LogP contribution in [-0.4, -0.2) is 48.6 Å². The van der Waals surface area contributed by atoms with Gasteiger partial charge in [-0.1, -0.05) is 0 Å². The molecule has 5 rings (SSSR count). The molecule has 0 radical (unpaired) electrons. The number of rotatable bonds is 4. The van der Waals surface area contributed by atoms with E-state index in [1.807, 2.05) is 43.7 Å². The van der Waals surface area contributed by atoms with Crippen molar-refractivity contribution in [2.45, 2.75) is 45.7 Å². The first kappa shape index (κ1) is 19.6. The van der Waals surface area contributed by atoms with Gasteiger partial charge in [-0.05, 0) is 52.3 Å². The second-order valence-corrected chi connectivity index (χ2v) is 8.38. The van der Waals surface area contributed by atoms with Crippen LogP contribution in [0.3, 0.4) is 0 Å². The zero-order valence-corrected chi connectivity index (χ0v) is 17.9. The van der Waals surface area contributed by atoms with Gasteiger partial charge in [0.25, 0.3) is 5.56 Å². The fourth-order valence-corrected chi connectivity index (χ4v) is 4.19. The summed E-state index contributed by atoms with van der Waals surface area (Å²) in [7, 11) is 0. The highest BCUT2D eigenvalue weighted by Gasteiger charge is 2.24. The molecule has 1 aliphatic heterocycles. The summed E-state index contributed by atoms with van der Waals surface area (Å²) in [5.74, 6) is 0.516. The van der Waals surface area contributed by atoms with Crippen LogP contribution in [0.2, 0.25) is 0 Å². The van der Waals surface area contributed by atoms with Gasteiger partial charge in [-0.15, -0.1) is 0 Å². The molecule has 1 atom stereocenters. The average Bonchev–Trinajstić information content (AvgIpc) is 3.21. The number of nitrogens with one attached hydrogen (secondary N) is 3. The minimum absolute atomic E-state index is 0.00986. The Bertz CT molecular complexity index is 1320. The molecule has 0 saturated carbocycles. The van der Waals surface area contributed by atoms with E-state index in [0.29, 0.717) is 28.4 Å². The van der Waals surface area contributed by atoms with Gasteiger partial charge >= 0.3 is 0 Å². The zero-order chi connectivity index (χ0) is 21.5. The highest BCUT2D eigenvalue weighted by atomic mass is 16.1. The van der Waals surface area contributed by atoms with Gasteiger partial charge in [0.2, 0.25) is 5.95 Å². The van der Waals surface area contributed by atoms with E-state index in [4.69, 9.17) is 9.97 Å². The first-order valence-corrected chi connectivity index (χ1v) is 10.7. The van der Waals surface area contributed by atoms with E-state index < -0.39 is 0 Å². The van der Waals surface area contributed by atoms with Gasteiger partial charge < -0.3 is 15.6 Å². The maximum absolute atomic E-state index is 13.8. The molecule has 9 nitrogen and oxygen atoms in total. The second-order valence-electron chi connectivity index (χ2n) is 8.38. The summed E-state index contributed by atoms with van der Waals surface area (Å²) >= 11 is 0. The lowest BCUT2D eigenvalue weighted by Gasteiger charge is -2.26. The predicted octanol–water partition coefficient (Wildman–Crippen LogP) is 2.78. The van der Waals surface area contributed by atoms with Crippen LogP contribution >= 0.6 is 0 Å². The van der Waals surface area contributed by atoms with E-state index in [9.17, 15) is 4.79 Å². The molecule has 31 heavy (non-hydrogen) atoms. The molecule has 0 aliphatic carbocycles. The number of aromatic nitrogens is 6. The number of H-pyrrole nitrogens is 1. The molecule has 4 aromatic rings. The Balaban J connectivity index is 1.78. The zero-order valence-electron chi connectivity index (χ0n) is 17.9. The standard InChI is InChI=1S/C22H26N8O/c1-12(2)26-22-27-13(3)17-20(29-22)30(16-5-4-7-23-11-16)21(31)18(28-17)15-9-14-6-8-24-19(14)25-10-15/h6,8-10,12,16,23H,4-5,7,11H2,1-3H3,(H,24,25)(H,26,27,29). The van der Waals surface area contributed by atoms with Crippen molar-refractivity contribution in [3.63, 3.8) is 0 Å². The van der Waals surface area contributed by atoms with E-state index in [1.165, 1.54) is 0 Å². The predicted molar refractivity (Wildman–Crippen MR) is 121 cm³/mol. The van der Waals surface area contributed by atoms with Crippen molar-refractivity contribution < 1.29 is 0 Å².